The summed E-state index contributed by atoms with van der Waals surface area (Å²) >= 11 is 0. The molecule has 4 heterocycles. The van der Waals surface area contributed by atoms with E-state index >= 15 is 0 Å². The van der Waals surface area contributed by atoms with Crippen LogP contribution in [0.5, 0.6) is 0 Å². The number of piperidine rings is 2. The molecule has 3 fully saturated rings. The van der Waals surface area contributed by atoms with Gasteiger partial charge in [-0.15, -0.1) is 0 Å². The summed E-state index contributed by atoms with van der Waals surface area (Å²) in [5.41, 5.74) is 2.28. The van der Waals surface area contributed by atoms with Crippen molar-refractivity contribution in [3.8, 4) is 0 Å². The normalized spacial score (nSPS) is 24.6. The van der Waals surface area contributed by atoms with Crippen LogP contribution in [0.15, 0.2) is 42.6 Å². The van der Waals surface area contributed by atoms with Crippen LogP contribution in [0, 0.1) is 11.7 Å². The van der Waals surface area contributed by atoms with Gasteiger partial charge in [-0.25, -0.2) is 9.37 Å². The molecular formula is C28H39FN4O2. The second kappa shape index (κ2) is 11.6. The Kier molecular flexibility index (Phi) is 8.04. The maximum Gasteiger partial charge on any atom is 0.130 e. The van der Waals surface area contributed by atoms with Crippen LogP contribution >= 0.6 is 0 Å². The smallest absolute Gasteiger partial charge is 0.130 e. The summed E-state index contributed by atoms with van der Waals surface area (Å²) in [6.45, 7) is 6.11. The Morgan fingerprint density at radius 3 is 2.66 bits per heavy atom. The van der Waals surface area contributed by atoms with Crippen molar-refractivity contribution in [3.05, 3.63) is 48.4 Å². The minimum absolute atomic E-state index is 0.171. The largest absolute Gasteiger partial charge is 0.382 e. The van der Waals surface area contributed by atoms with E-state index in [-0.39, 0.29) is 5.82 Å². The fourth-order valence-electron chi connectivity index (χ4n) is 6.28. The number of halogens is 1. The lowest BCUT2D eigenvalue weighted by atomic mass is 9.88. The summed E-state index contributed by atoms with van der Waals surface area (Å²) in [6, 6.07) is 12.2. The topological polar surface area (TPSA) is 41.1 Å². The molecule has 0 radical (unpaired) electrons. The fraction of sp³-hybridized carbons (Fsp3) is 0.607. The molecule has 3 aliphatic rings. The number of hydrogen-bond donors (Lipinski definition) is 0. The summed E-state index contributed by atoms with van der Waals surface area (Å²) in [5, 5.41) is 0. The third-order valence-electron chi connectivity index (χ3n) is 7.92. The summed E-state index contributed by atoms with van der Waals surface area (Å²) in [6.07, 6.45) is 9.03. The van der Waals surface area contributed by atoms with Crippen LogP contribution in [0.25, 0.3) is 0 Å². The zero-order valence-electron chi connectivity index (χ0n) is 20.9. The predicted molar refractivity (Wildman–Crippen MR) is 139 cm³/mol. The number of nitrogens with zero attached hydrogens (tertiary/aromatic N) is 4. The van der Waals surface area contributed by atoms with Crippen LogP contribution in [0.4, 0.5) is 21.6 Å². The molecule has 3 aliphatic heterocycles. The molecule has 0 N–H and O–H groups in total. The average molecular weight is 483 g/mol. The molecule has 3 saturated heterocycles. The number of rotatable bonds is 9. The zero-order valence-corrected chi connectivity index (χ0v) is 20.9. The van der Waals surface area contributed by atoms with Crippen LogP contribution in [-0.4, -0.2) is 70.2 Å². The van der Waals surface area contributed by atoms with Crippen molar-refractivity contribution in [2.45, 2.75) is 50.6 Å². The standard InChI is InChI=1S/C28H39FN4O2/c1-34-17-18-35-16-11-22-21-33(27-20-24(10-12-30-27)31-13-3-2-4-14-31)26-9-6-15-32(28(22)26)25-8-5-7-23(29)19-25/h5,7-8,10,12,19-20,22,26,28H,2-4,6,9,11,13-18,21H2,1H3/t22-,26-,28-/m1/s1. The van der Waals surface area contributed by atoms with Gasteiger partial charge in [0.1, 0.15) is 11.6 Å². The number of pyridine rings is 1. The van der Waals surface area contributed by atoms with Gasteiger partial charge in [0.05, 0.1) is 25.3 Å². The summed E-state index contributed by atoms with van der Waals surface area (Å²) < 4.78 is 25.2. The molecule has 0 amide bonds. The molecule has 3 atom stereocenters. The van der Waals surface area contributed by atoms with E-state index < -0.39 is 0 Å². The van der Waals surface area contributed by atoms with Crippen molar-refractivity contribution < 1.29 is 13.9 Å². The Hall–Kier alpha value is -2.38. The zero-order chi connectivity index (χ0) is 24.0. The highest BCUT2D eigenvalue weighted by Gasteiger charge is 2.47. The first kappa shape index (κ1) is 24.3. The van der Waals surface area contributed by atoms with Crippen LogP contribution in [0.3, 0.4) is 0 Å². The van der Waals surface area contributed by atoms with Crippen molar-refractivity contribution >= 4 is 17.2 Å². The Morgan fingerprint density at radius 2 is 1.83 bits per heavy atom. The number of benzene rings is 1. The maximum atomic E-state index is 14.2. The first-order valence-electron chi connectivity index (χ1n) is 13.3. The van der Waals surface area contributed by atoms with E-state index in [1.165, 1.54) is 31.0 Å². The van der Waals surface area contributed by atoms with Gasteiger partial charge in [0.2, 0.25) is 0 Å². The quantitative estimate of drug-likeness (QED) is 0.481. The van der Waals surface area contributed by atoms with Gasteiger partial charge in [-0.2, -0.15) is 0 Å². The Balaban J connectivity index is 1.39. The van der Waals surface area contributed by atoms with Gasteiger partial charge in [-0.05, 0) is 62.8 Å². The van der Waals surface area contributed by atoms with Crippen LogP contribution < -0.4 is 14.7 Å². The molecular weight excluding hydrogens is 443 g/mol. The van der Waals surface area contributed by atoms with Gasteiger partial charge in [-0.1, -0.05) is 6.07 Å². The predicted octanol–water partition coefficient (Wildman–Crippen LogP) is 4.74. The van der Waals surface area contributed by atoms with E-state index in [0.717, 1.165) is 56.9 Å². The van der Waals surface area contributed by atoms with Crippen LogP contribution in [0.2, 0.25) is 0 Å². The van der Waals surface area contributed by atoms with E-state index in [1.54, 1.807) is 13.2 Å². The summed E-state index contributed by atoms with van der Waals surface area (Å²) in [5.74, 6) is 1.33. The number of fused-ring (bicyclic) bond motifs is 1. The highest BCUT2D eigenvalue weighted by Crippen LogP contribution is 2.41. The summed E-state index contributed by atoms with van der Waals surface area (Å²) in [4.78, 5) is 12.3. The van der Waals surface area contributed by atoms with Gasteiger partial charge in [0, 0.05) is 69.5 Å². The van der Waals surface area contributed by atoms with Gasteiger partial charge in [0.25, 0.3) is 0 Å². The second-order valence-electron chi connectivity index (χ2n) is 10.1. The van der Waals surface area contributed by atoms with Crippen LogP contribution in [0.1, 0.15) is 38.5 Å². The Labute approximate surface area is 209 Å². The number of hydrogen-bond acceptors (Lipinski definition) is 6. The number of anilines is 3. The van der Waals surface area contributed by atoms with Gasteiger partial charge in [0.15, 0.2) is 0 Å². The van der Waals surface area contributed by atoms with Crippen molar-refractivity contribution in [1.82, 2.24) is 4.98 Å². The Morgan fingerprint density at radius 1 is 0.943 bits per heavy atom. The van der Waals surface area contributed by atoms with Crippen molar-refractivity contribution in [2.24, 2.45) is 5.92 Å². The molecule has 2 aromatic rings. The molecule has 0 aliphatic carbocycles. The molecule has 1 aromatic heterocycles. The molecule has 0 bridgehead atoms. The third kappa shape index (κ3) is 5.56. The average Bonchev–Trinajstić information content (AvgIpc) is 3.28. The van der Waals surface area contributed by atoms with Gasteiger partial charge in [-0.3, -0.25) is 0 Å². The lowest BCUT2D eigenvalue weighted by Crippen LogP contribution is -2.52. The molecule has 6 nitrogen and oxygen atoms in total. The van der Waals surface area contributed by atoms with E-state index in [4.69, 9.17) is 14.5 Å². The minimum atomic E-state index is -0.171. The van der Waals surface area contributed by atoms with Gasteiger partial charge >= 0.3 is 0 Å². The van der Waals surface area contributed by atoms with Crippen molar-refractivity contribution in [3.63, 3.8) is 0 Å². The van der Waals surface area contributed by atoms with E-state index in [1.807, 2.05) is 12.3 Å². The third-order valence-corrected chi connectivity index (χ3v) is 7.92. The molecule has 0 unspecified atom stereocenters. The lowest BCUT2D eigenvalue weighted by Gasteiger charge is -2.43. The fourth-order valence-corrected chi connectivity index (χ4v) is 6.28. The lowest BCUT2D eigenvalue weighted by molar-refractivity contribution is 0.0633. The van der Waals surface area contributed by atoms with Crippen molar-refractivity contribution in [1.29, 1.82) is 0 Å². The number of aromatic nitrogens is 1. The molecule has 0 saturated carbocycles. The first-order valence-corrected chi connectivity index (χ1v) is 13.3. The highest BCUT2D eigenvalue weighted by molar-refractivity contribution is 5.58. The second-order valence-corrected chi connectivity index (χ2v) is 10.1. The molecule has 0 spiro atoms. The van der Waals surface area contributed by atoms with Crippen molar-refractivity contribution in [2.75, 3.05) is 67.8 Å². The maximum absolute atomic E-state index is 14.2. The monoisotopic (exact) mass is 482 g/mol. The number of ether oxygens (including phenoxy) is 2. The molecule has 5 rings (SSSR count). The molecule has 35 heavy (non-hydrogen) atoms. The molecule has 7 heteroatoms. The summed E-state index contributed by atoms with van der Waals surface area (Å²) in [7, 11) is 1.70. The first-order chi connectivity index (χ1) is 17.2. The SMILES string of the molecule is COCCOCC[C@@H]1CN(c2cc(N3CCCCC3)ccn2)[C@@H]2CCCN(c3cccc(F)c3)[C@H]12. The van der Waals surface area contributed by atoms with Crippen LogP contribution in [-0.2, 0) is 9.47 Å². The Bertz CT molecular complexity index is 954. The van der Waals surface area contributed by atoms with Gasteiger partial charge < -0.3 is 24.2 Å². The van der Waals surface area contributed by atoms with E-state index in [0.29, 0.717) is 37.8 Å². The highest BCUT2D eigenvalue weighted by atomic mass is 19.1. The molecule has 190 valence electrons. The minimum Gasteiger partial charge on any atom is -0.382 e. The molecule has 1 aromatic carbocycles. The van der Waals surface area contributed by atoms with E-state index in [2.05, 4.69) is 32.9 Å². The number of methoxy groups -OCH3 is 1. The van der Waals surface area contributed by atoms with E-state index in [9.17, 15) is 4.39 Å².